The zero-order chi connectivity index (χ0) is 18.8. The van der Waals surface area contributed by atoms with E-state index in [4.69, 9.17) is 23.8 Å². The fourth-order valence-electron chi connectivity index (χ4n) is 2.57. The Balaban J connectivity index is 2.10. The van der Waals surface area contributed by atoms with Crippen LogP contribution in [0.5, 0.6) is 0 Å². The molecule has 134 valence electrons. The number of anilines is 1. The van der Waals surface area contributed by atoms with Crippen LogP contribution in [0.3, 0.4) is 0 Å². The number of hydrogen-bond donors (Lipinski definition) is 2. The van der Waals surface area contributed by atoms with Crippen LogP contribution >= 0.6 is 23.8 Å². The Labute approximate surface area is 155 Å². The van der Waals surface area contributed by atoms with Crippen molar-refractivity contribution in [1.82, 2.24) is 5.32 Å². The molecule has 0 radical (unpaired) electrons. The standard InChI is InChI=1S/C18H18ClF3N2S/c1-10-4-6-14(11(2)8-10)12(3)23-17(25)24-13-5-7-16(19)15(9-13)18(20,21)22/h4-9,12H,1-3H3,(H2,23,24,25)/t12-/m1/s1. The van der Waals surface area contributed by atoms with Gasteiger partial charge >= 0.3 is 6.18 Å². The molecule has 1 atom stereocenters. The summed E-state index contributed by atoms with van der Waals surface area (Å²) in [7, 11) is 0. The molecular weight excluding hydrogens is 369 g/mol. The number of hydrogen-bond acceptors (Lipinski definition) is 1. The summed E-state index contributed by atoms with van der Waals surface area (Å²) in [6.07, 6.45) is -4.52. The van der Waals surface area contributed by atoms with Gasteiger partial charge in [-0.1, -0.05) is 35.4 Å². The van der Waals surface area contributed by atoms with Crippen molar-refractivity contribution in [2.45, 2.75) is 33.0 Å². The van der Waals surface area contributed by atoms with Crippen molar-refractivity contribution in [3.8, 4) is 0 Å². The zero-order valence-corrected chi connectivity index (χ0v) is 15.5. The minimum absolute atomic E-state index is 0.0880. The zero-order valence-electron chi connectivity index (χ0n) is 14.0. The van der Waals surface area contributed by atoms with Gasteiger partial charge in [-0.05, 0) is 62.3 Å². The van der Waals surface area contributed by atoms with Crippen LogP contribution in [0.2, 0.25) is 5.02 Å². The number of alkyl halides is 3. The summed E-state index contributed by atoms with van der Waals surface area (Å²) in [4.78, 5) is 0. The average Bonchev–Trinajstić information content (AvgIpc) is 2.47. The van der Waals surface area contributed by atoms with Crippen LogP contribution in [-0.2, 0) is 6.18 Å². The molecule has 0 unspecified atom stereocenters. The van der Waals surface area contributed by atoms with Gasteiger partial charge in [-0.3, -0.25) is 0 Å². The quantitative estimate of drug-likeness (QED) is 0.630. The van der Waals surface area contributed by atoms with Crippen LogP contribution < -0.4 is 10.6 Å². The highest BCUT2D eigenvalue weighted by atomic mass is 35.5. The van der Waals surface area contributed by atoms with Crippen molar-refractivity contribution in [2.24, 2.45) is 0 Å². The molecule has 0 heterocycles. The van der Waals surface area contributed by atoms with Crippen molar-refractivity contribution in [2.75, 3.05) is 5.32 Å². The Kier molecular flexibility index (Phi) is 5.95. The minimum Gasteiger partial charge on any atom is -0.356 e. The molecule has 0 spiro atoms. The van der Waals surface area contributed by atoms with Crippen LogP contribution in [-0.4, -0.2) is 5.11 Å². The lowest BCUT2D eigenvalue weighted by Gasteiger charge is -2.20. The number of halogens is 4. The topological polar surface area (TPSA) is 24.1 Å². The van der Waals surface area contributed by atoms with Gasteiger partial charge in [-0.2, -0.15) is 13.2 Å². The number of benzene rings is 2. The third kappa shape index (κ3) is 5.09. The van der Waals surface area contributed by atoms with Crippen molar-refractivity contribution in [1.29, 1.82) is 0 Å². The Hall–Kier alpha value is -1.79. The first-order chi connectivity index (χ1) is 11.6. The number of aryl methyl sites for hydroxylation is 2. The van der Waals surface area contributed by atoms with E-state index >= 15 is 0 Å². The summed E-state index contributed by atoms with van der Waals surface area (Å²) in [5.41, 5.74) is 2.68. The number of nitrogens with one attached hydrogen (secondary N) is 2. The molecule has 25 heavy (non-hydrogen) atoms. The third-order valence-electron chi connectivity index (χ3n) is 3.77. The van der Waals surface area contributed by atoms with Gasteiger partial charge in [-0.25, -0.2) is 0 Å². The van der Waals surface area contributed by atoms with E-state index in [0.717, 1.165) is 22.8 Å². The first-order valence-corrected chi connectivity index (χ1v) is 8.38. The largest absolute Gasteiger partial charge is 0.417 e. The second-order valence-electron chi connectivity index (χ2n) is 5.87. The van der Waals surface area contributed by atoms with Gasteiger partial charge in [0.15, 0.2) is 5.11 Å². The predicted molar refractivity (Wildman–Crippen MR) is 100 cm³/mol. The fourth-order valence-corrected chi connectivity index (χ4v) is 3.09. The maximum absolute atomic E-state index is 12.9. The SMILES string of the molecule is Cc1ccc([C@@H](C)NC(=S)Nc2ccc(Cl)c(C(F)(F)F)c2)c(C)c1. The van der Waals surface area contributed by atoms with Gasteiger partial charge in [-0.15, -0.1) is 0 Å². The van der Waals surface area contributed by atoms with E-state index in [1.165, 1.54) is 12.1 Å². The molecule has 0 aromatic heterocycles. The van der Waals surface area contributed by atoms with Crippen LogP contribution in [0.4, 0.5) is 18.9 Å². The van der Waals surface area contributed by atoms with Crippen molar-refractivity contribution < 1.29 is 13.2 Å². The highest BCUT2D eigenvalue weighted by Crippen LogP contribution is 2.36. The van der Waals surface area contributed by atoms with Gasteiger partial charge in [0.2, 0.25) is 0 Å². The smallest absolute Gasteiger partial charge is 0.356 e. The fraction of sp³-hybridized carbons (Fsp3) is 0.278. The molecule has 0 amide bonds. The molecule has 0 aliphatic carbocycles. The normalized spacial score (nSPS) is 12.6. The molecule has 2 rings (SSSR count). The van der Waals surface area contributed by atoms with E-state index in [9.17, 15) is 13.2 Å². The van der Waals surface area contributed by atoms with E-state index in [2.05, 4.69) is 16.7 Å². The van der Waals surface area contributed by atoms with Gasteiger partial charge in [0.05, 0.1) is 16.6 Å². The van der Waals surface area contributed by atoms with Gasteiger partial charge in [0.25, 0.3) is 0 Å². The van der Waals surface area contributed by atoms with E-state index in [0.29, 0.717) is 0 Å². The van der Waals surface area contributed by atoms with E-state index < -0.39 is 11.7 Å². The number of thiocarbonyl (C=S) groups is 1. The molecule has 0 aliphatic heterocycles. The van der Waals surface area contributed by atoms with Gasteiger partial charge in [0.1, 0.15) is 0 Å². The summed E-state index contributed by atoms with van der Waals surface area (Å²) in [5, 5.41) is 5.75. The van der Waals surface area contributed by atoms with Crippen molar-refractivity contribution in [3.05, 3.63) is 63.7 Å². The Morgan fingerprint density at radius 2 is 1.80 bits per heavy atom. The Morgan fingerprint density at radius 3 is 2.40 bits per heavy atom. The highest BCUT2D eigenvalue weighted by molar-refractivity contribution is 7.80. The van der Waals surface area contributed by atoms with Crippen LogP contribution in [0.15, 0.2) is 36.4 Å². The van der Waals surface area contributed by atoms with E-state index in [1.807, 2.05) is 32.9 Å². The Bertz CT molecular complexity index is 790. The lowest BCUT2D eigenvalue weighted by Crippen LogP contribution is -2.31. The van der Waals surface area contributed by atoms with Crippen molar-refractivity contribution >= 4 is 34.6 Å². The minimum atomic E-state index is -4.52. The van der Waals surface area contributed by atoms with Crippen LogP contribution in [0.1, 0.15) is 35.2 Å². The summed E-state index contributed by atoms with van der Waals surface area (Å²) in [6.45, 7) is 5.96. The maximum Gasteiger partial charge on any atom is 0.417 e. The van der Waals surface area contributed by atoms with Gasteiger partial charge < -0.3 is 10.6 Å². The molecule has 0 bridgehead atoms. The molecule has 0 saturated heterocycles. The summed E-state index contributed by atoms with van der Waals surface area (Å²) in [5.74, 6) is 0. The summed E-state index contributed by atoms with van der Waals surface area (Å²) < 4.78 is 38.7. The van der Waals surface area contributed by atoms with Crippen LogP contribution in [0, 0.1) is 13.8 Å². The monoisotopic (exact) mass is 386 g/mol. The molecule has 2 nitrogen and oxygen atoms in total. The molecule has 0 aliphatic rings. The Morgan fingerprint density at radius 1 is 1.12 bits per heavy atom. The lowest BCUT2D eigenvalue weighted by molar-refractivity contribution is -0.137. The van der Waals surface area contributed by atoms with E-state index in [-0.39, 0.29) is 21.9 Å². The summed E-state index contributed by atoms with van der Waals surface area (Å²) >= 11 is 10.8. The second-order valence-corrected chi connectivity index (χ2v) is 6.69. The molecule has 2 aromatic carbocycles. The highest BCUT2D eigenvalue weighted by Gasteiger charge is 2.33. The average molecular weight is 387 g/mol. The van der Waals surface area contributed by atoms with E-state index in [1.54, 1.807) is 0 Å². The third-order valence-corrected chi connectivity index (χ3v) is 4.32. The number of rotatable bonds is 3. The molecule has 0 fully saturated rings. The van der Waals surface area contributed by atoms with Crippen molar-refractivity contribution in [3.63, 3.8) is 0 Å². The lowest BCUT2D eigenvalue weighted by atomic mass is 10.0. The molecule has 0 saturated carbocycles. The molecule has 2 aromatic rings. The second kappa shape index (κ2) is 7.62. The summed E-state index contributed by atoms with van der Waals surface area (Å²) in [6, 6.07) is 9.59. The van der Waals surface area contributed by atoms with Crippen LogP contribution in [0.25, 0.3) is 0 Å². The van der Waals surface area contributed by atoms with Gasteiger partial charge in [0, 0.05) is 5.69 Å². The molecular formula is C18H18ClF3N2S. The molecule has 2 N–H and O–H groups in total. The maximum atomic E-state index is 12.9. The molecule has 7 heteroatoms. The first kappa shape index (κ1) is 19.5. The predicted octanol–water partition coefficient (Wildman–Crippen LogP) is 6.02. The first-order valence-electron chi connectivity index (χ1n) is 7.59.